The van der Waals surface area contributed by atoms with Gasteiger partial charge >= 0.3 is 0 Å². The summed E-state index contributed by atoms with van der Waals surface area (Å²) >= 11 is 11.9. The van der Waals surface area contributed by atoms with E-state index in [0.29, 0.717) is 41.8 Å². The molecule has 1 heterocycles. The van der Waals surface area contributed by atoms with Gasteiger partial charge in [0.05, 0.1) is 17.2 Å². The second-order valence-electron chi connectivity index (χ2n) is 7.27. The maximum absolute atomic E-state index is 15.1. The van der Waals surface area contributed by atoms with E-state index in [1.165, 1.54) is 0 Å². The van der Waals surface area contributed by atoms with E-state index in [2.05, 4.69) is 5.32 Å². The molecule has 0 aliphatic carbocycles. The topological polar surface area (TPSA) is 50.8 Å². The van der Waals surface area contributed by atoms with E-state index in [4.69, 9.17) is 32.7 Å². The lowest BCUT2D eigenvalue weighted by Crippen LogP contribution is -2.49. The number of halogens is 3. The summed E-state index contributed by atoms with van der Waals surface area (Å²) in [7, 11) is 1.61. The van der Waals surface area contributed by atoms with E-state index in [-0.39, 0.29) is 25.3 Å². The summed E-state index contributed by atoms with van der Waals surface area (Å²) < 4.78 is 25.8. The average molecular weight is 455 g/mol. The van der Waals surface area contributed by atoms with Gasteiger partial charge in [0.1, 0.15) is 23.8 Å². The third-order valence-electron chi connectivity index (χ3n) is 5.16. The van der Waals surface area contributed by atoms with Crippen LogP contribution in [0.4, 0.5) is 4.39 Å². The Balaban J connectivity index is 1.38. The summed E-state index contributed by atoms with van der Waals surface area (Å²) in [6, 6.07) is 12.1. The van der Waals surface area contributed by atoms with Crippen molar-refractivity contribution in [1.29, 1.82) is 0 Å². The molecule has 0 saturated carbocycles. The molecule has 30 heavy (non-hydrogen) atoms. The predicted octanol–water partition coefficient (Wildman–Crippen LogP) is 4.61. The van der Waals surface area contributed by atoms with Gasteiger partial charge in [-0.25, -0.2) is 4.39 Å². The van der Waals surface area contributed by atoms with E-state index >= 15 is 4.39 Å². The van der Waals surface area contributed by atoms with Gasteiger partial charge in [-0.15, -0.1) is 0 Å². The molecule has 1 amide bonds. The molecule has 0 spiro atoms. The fourth-order valence-corrected chi connectivity index (χ4v) is 3.62. The Morgan fingerprint density at radius 3 is 2.40 bits per heavy atom. The SMILES string of the molecule is COc1ccc(OCCNCC2(F)CCN(C(=O)c3ccc(Cl)c(Cl)c3)CC2)cc1. The van der Waals surface area contributed by atoms with Crippen LogP contribution in [0.15, 0.2) is 42.5 Å². The Morgan fingerprint density at radius 1 is 1.10 bits per heavy atom. The van der Waals surface area contributed by atoms with Crippen molar-refractivity contribution in [1.82, 2.24) is 10.2 Å². The van der Waals surface area contributed by atoms with Crippen LogP contribution in [0.2, 0.25) is 10.0 Å². The first-order chi connectivity index (χ1) is 14.4. The highest BCUT2D eigenvalue weighted by atomic mass is 35.5. The molecule has 3 rings (SSSR count). The van der Waals surface area contributed by atoms with E-state index in [0.717, 1.165) is 11.5 Å². The van der Waals surface area contributed by atoms with Crippen molar-refractivity contribution in [3.8, 4) is 11.5 Å². The highest BCUT2D eigenvalue weighted by Gasteiger charge is 2.35. The van der Waals surface area contributed by atoms with Crippen molar-refractivity contribution in [2.24, 2.45) is 0 Å². The van der Waals surface area contributed by atoms with Gasteiger partial charge < -0.3 is 19.7 Å². The Kier molecular flexibility index (Phi) is 7.81. The third-order valence-corrected chi connectivity index (χ3v) is 5.90. The minimum Gasteiger partial charge on any atom is -0.497 e. The Hall–Kier alpha value is -2.02. The van der Waals surface area contributed by atoms with Gasteiger partial charge in [-0.3, -0.25) is 4.79 Å². The van der Waals surface area contributed by atoms with Crippen LogP contribution in [0, 0.1) is 0 Å². The number of rotatable bonds is 8. The number of nitrogens with one attached hydrogen (secondary N) is 1. The number of hydrogen-bond acceptors (Lipinski definition) is 4. The van der Waals surface area contributed by atoms with E-state index in [1.807, 2.05) is 24.3 Å². The zero-order valence-corrected chi connectivity index (χ0v) is 18.3. The standard InChI is InChI=1S/C22H25Cl2FN2O3/c1-29-17-3-5-18(6-4-17)30-13-10-26-15-22(25)8-11-27(12-9-22)21(28)16-2-7-19(23)20(24)14-16/h2-7,14,26H,8-13,15H2,1H3. The van der Waals surface area contributed by atoms with Crippen LogP contribution in [-0.2, 0) is 0 Å². The predicted molar refractivity (Wildman–Crippen MR) is 117 cm³/mol. The molecule has 8 heteroatoms. The van der Waals surface area contributed by atoms with Crippen molar-refractivity contribution in [2.75, 3.05) is 39.9 Å². The number of alkyl halides is 1. The second kappa shape index (κ2) is 10.3. The summed E-state index contributed by atoms with van der Waals surface area (Å²) in [5.74, 6) is 1.35. The Labute approximate surface area is 186 Å². The number of hydrogen-bond donors (Lipinski definition) is 1. The highest BCUT2D eigenvalue weighted by Crippen LogP contribution is 2.28. The molecule has 0 aromatic heterocycles. The minimum absolute atomic E-state index is 0.156. The molecule has 162 valence electrons. The number of carbonyl (C=O) groups excluding carboxylic acids is 1. The normalized spacial score (nSPS) is 15.7. The quantitative estimate of drug-likeness (QED) is 0.591. The fourth-order valence-electron chi connectivity index (χ4n) is 3.32. The first kappa shape index (κ1) is 22.7. The summed E-state index contributed by atoms with van der Waals surface area (Å²) in [4.78, 5) is 14.3. The second-order valence-corrected chi connectivity index (χ2v) is 8.09. The highest BCUT2D eigenvalue weighted by molar-refractivity contribution is 6.42. The van der Waals surface area contributed by atoms with E-state index in [1.54, 1.807) is 30.2 Å². The van der Waals surface area contributed by atoms with Crippen LogP contribution in [0.1, 0.15) is 23.2 Å². The van der Waals surface area contributed by atoms with Gasteiger partial charge in [0.15, 0.2) is 0 Å². The van der Waals surface area contributed by atoms with Gasteiger partial charge in [-0.1, -0.05) is 23.2 Å². The molecule has 0 unspecified atom stereocenters. The van der Waals surface area contributed by atoms with Gasteiger partial charge in [-0.05, 0) is 42.5 Å². The lowest BCUT2D eigenvalue weighted by atomic mass is 9.93. The maximum atomic E-state index is 15.1. The summed E-state index contributed by atoms with van der Waals surface area (Å²) in [5, 5.41) is 3.85. The lowest BCUT2D eigenvalue weighted by Gasteiger charge is -2.36. The largest absolute Gasteiger partial charge is 0.497 e. The maximum Gasteiger partial charge on any atom is 0.253 e. The Morgan fingerprint density at radius 2 is 1.77 bits per heavy atom. The number of piperidine rings is 1. The van der Waals surface area contributed by atoms with Crippen LogP contribution in [-0.4, -0.2) is 56.4 Å². The number of carbonyl (C=O) groups is 1. The summed E-state index contributed by atoms with van der Waals surface area (Å²) in [5.41, 5.74) is -0.876. The average Bonchev–Trinajstić information content (AvgIpc) is 2.76. The zero-order chi connectivity index (χ0) is 21.6. The molecule has 0 radical (unpaired) electrons. The smallest absolute Gasteiger partial charge is 0.253 e. The third kappa shape index (κ3) is 6.00. The van der Waals surface area contributed by atoms with Crippen LogP contribution in [0.3, 0.4) is 0 Å². The number of nitrogens with zero attached hydrogens (tertiary/aromatic N) is 1. The molecular weight excluding hydrogens is 430 g/mol. The van der Waals surface area contributed by atoms with Crippen molar-refractivity contribution in [2.45, 2.75) is 18.5 Å². The van der Waals surface area contributed by atoms with Crippen LogP contribution in [0.25, 0.3) is 0 Å². The summed E-state index contributed by atoms with van der Waals surface area (Å²) in [6.45, 7) is 1.92. The molecule has 0 atom stereocenters. The van der Waals surface area contributed by atoms with Crippen molar-refractivity contribution < 1.29 is 18.7 Å². The number of methoxy groups -OCH3 is 1. The molecule has 5 nitrogen and oxygen atoms in total. The molecule has 1 saturated heterocycles. The molecule has 0 bridgehead atoms. The summed E-state index contributed by atoms with van der Waals surface area (Å²) in [6.07, 6.45) is 0.568. The van der Waals surface area contributed by atoms with Crippen molar-refractivity contribution in [3.05, 3.63) is 58.1 Å². The first-order valence-electron chi connectivity index (χ1n) is 9.81. The number of ether oxygens (including phenoxy) is 2. The zero-order valence-electron chi connectivity index (χ0n) is 16.8. The van der Waals surface area contributed by atoms with Crippen molar-refractivity contribution >= 4 is 29.1 Å². The molecule has 1 aliphatic rings. The van der Waals surface area contributed by atoms with Crippen LogP contribution in [0.5, 0.6) is 11.5 Å². The molecule has 1 N–H and O–H groups in total. The Bertz CT molecular complexity index is 856. The molecule has 2 aromatic carbocycles. The molecular formula is C22H25Cl2FN2O3. The van der Waals surface area contributed by atoms with Gasteiger partial charge in [-0.2, -0.15) is 0 Å². The monoisotopic (exact) mass is 454 g/mol. The van der Waals surface area contributed by atoms with Gasteiger partial charge in [0.25, 0.3) is 5.91 Å². The number of benzene rings is 2. The fraction of sp³-hybridized carbons (Fsp3) is 0.409. The number of amides is 1. The van der Waals surface area contributed by atoms with Gasteiger partial charge in [0, 0.05) is 44.6 Å². The van der Waals surface area contributed by atoms with E-state index in [9.17, 15) is 4.79 Å². The number of likely N-dealkylation sites (tertiary alicyclic amines) is 1. The molecule has 1 fully saturated rings. The first-order valence-corrected chi connectivity index (χ1v) is 10.6. The van der Waals surface area contributed by atoms with Gasteiger partial charge in [0.2, 0.25) is 0 Å². The lowest BCUT2D eigenvalue weighted by molar-refractivity contribution is 0.0433. The van der Waals surface area contributed by atoms with Crippen LogP contribution < -0.4 is 14.8 Å². The minimum atomic E-state index is -1.34. The van der Waals surface area contributed by atoms with Crippen molar-refractivity contribution in [3.63, 3.8) is 0 Å². The molecule has 2 aromatic rings. The molecule has 1 aliphatic heterocycles. The van der Waals surface area contributed by atoms with Crippen LogP contribution >= 0.6 is 23.2 Å². The van der Waals surface area contributed by atoms with E-state index < -0.39 is 5.67 Å².